The first-order valence-electron chi connectivity index (χ1n) is 7.74. The van der Waals surface area contributed by atoms with Gasteiger partial charge >= 0.3 is 0 Å². The maximum Gasteiger partial charge on any atom is 0.163 e. The smallest absolute Gasteiger partial charge is 0.163 e. The minimum Gasteiger partial charge on any atom is -0.301 e. The summed E-state index contributed by atoms with van der Waals surface area (Å²) in [5, 5.41) is 0. The first kappa shape index (κ1) is 15.2. The van der Waals surface area contributed by atoms with Crippen molar-refractivity contribution in [1.29, 1.82) is 0 Å². The molecule has 1 saturated heterocycles. The van der Waals surface area contributed by atoms with E-state index < -0.39 is 0 Å². The number of likely N-dealkylation sites (N-methyl/N-ethyl adjacent to an activating group) is 1. The topological polar surface area (TPSA) is 23.6 Å². The molecule has 0 aliphatic carbocycles. The number of ketones is 1. The number of carbonyl (C=O) groups is 1. The minimum atomic E-state index is 0.287. The molecular weight excluding hydrogens is 248 g/mol. The minimum absolute atomic E-state index is 0.287. The zero-order valence-electron chi connectivity index (χ0n) is 12.8. The van der Waals surface area contributed by atoms with Gasteiger partial charge < -0.3 is 9.80 Å². The van der Waals surface area contributed by atoms with Gasteiger partial charge in [0.1, 0.15) is 0 Å². The van der Waals surface area contributed by atoms with E-state index in [0.29, 0.717) is 6.42 Å². The third kappa shape index (κ3) is 4.15. The van der Waals surface area contributed by atoms with Gasteiger partial charge in [0.2, 0.25) is 0 Å². The third-order valence-electron chi connectivity index (χ3n) is 4.24. The van der Waals surface area contributed by atoms with Crippen LogP contribution in [0.15, 0.2) is 24.3 Å². The van der Waals surface area contributed by atoms with E-state index in [9.17, 15) is 4.79 Å². The van der Waals surface area contributed by atoms with Crippen molar-refractivity contribution in [3.63, 3.8) is 0 Å². The Morgan fingerprint density at radius 3 is 2.40 bits per heavy atom. The fraction of sp³-hybridized carbons (Fsp3) is 0.588. The fourth-order valence-electron chi connectivity index (χ4n) is 2.81. The fourth-order valence-corrected chi connectivity index (χ4v) is 2.81. The Hall–Kier alpha value is -1.19. The van der Waals surface area contributed by atoms with Gasteiger partial charge in [-0.2, -0.15) is 0 Å². The molecule has 0 saturated carbocycles. The molecule has 0 atom stereocenters. The summed E-state index contributed by atoms with van der Waals surface area (Å²) in [6, 6.07) is 7.89. The molecule has 1 heterocycles. The van der Waals surface area contributed by atoms with Crippen molar-refractivity contribution >= 4 is 5.78 Å². The van der Waals surface area contributed by atoms with E-state index in [1.807, 2.05) is 31.2 Å². The Balaban J connectivity index is 1.71. The highest BCUT2D eigenvalue weighted by Gasteiger charge is 2.15. The highest BCUT2D eigenvalue weighted by Crippen LogP contribution is 2.11. The molecule has 1 aromatic rings. The van der Waals surface area contributed by atoms with Crippen LogP contribution in [-0.2, 0) is 0 Å². The first-order valence-corrected chi connectivity index (χ1v) is 7.74. The van der Waals surface area contributed by atoms with Gasteiger partial charge in [-0.1, -0.05) is 31.2 Å². The van der Waals surface area contributed by atoms with Crippen LogP contribution in [0, 0.1) is 6.92 Å². The summed E-state index contributed by atoms with van der Waals surface area (Å²) < 4.78 is 0. The van der Waals surface area contributed by atoms with Gasteiger partial charge in [0.05, 0.1) is 0 Å². The maximum absolute atomic E-state index is 12.2. The second kappa shape index (κ2) is 7.55. The van der Waals surface area contributed by atoms with Gasteiger partial charge in [-0.25, -0.2) is 0 Å². The van der Waals surface area contributed by atoms with Gasteiger partial charge in [-0.3, -0.25) is 4.79 Å². The van der Waals surface area contributed by atoms with E-state index in [2.05, 4.69) is 16.7 Å². The van der Waals surface area contributed by atoms with Crippen LogP contribution in [0.4, 0.5) is 0 Å². The van der Waals surface area contributed by atoms with Crippen molar-refractivity contribution in [2.45, 2.75) is 26.7 Å². The second-order valence-corrected chi connectivity index (χ2v) is 5.62. The number of aryl methyl sites for hydroxylation is 1. The number of carbonyl (C=O) groups excluding carboxylic acids is 1. The Bertz CT molecular complexity index is 436. The van der Waals surface area contributed by atoms with E-state index in [1.54, 1.807) is 0 Å². The molecule has 0 bridgehead atoms. The molecule has 1 aliphatic heterocycles. The summed E-state index contributed by atoms with van der Waals surface area (Å²) in [6.45, 7) is 11.1. The molecule has 3 nitrogen and oxygen atoms in total. The van der Waals surface area contributed by atoms with Crippen molar-refractivity contribution in [1.82, 2.24) is 9.80 Å². The van der Waals surface area contributed by atoms with Crippen molar-refractivity contribution in [3.8, 4) is 0 Å². The Morgan fingerprint density at radius 2 is 1.75 bits per heavy atom. The van der Waals surface area contributed by atoms with E-state index >= 15 is 0 Å². The van der Waals surface area contributed by atoms with Gasteiger partial charge in [0, 0.05) is 38.2 Å². The van der Waals surface area contributed by atoms with Crippen LogP contribution in [0.5, 0.6) is 0 Å². The van der Waals surface area contributed by atoms with Gasteiger partial charge in [0.15, 0.2) is 5.78 Å². The van der Waals surface area contributed by atoms with Crippen LogP contribution in [0.1, 0.15) is 35.7 Å². The van der Waals surface area contributed by atoms with Crippen LogP contribution >= 0.6 is 0 Å². The largest absolute Gasteiger partial charge is 0.301 e. The van der Waals surface area contributed by atoms with Crippen molar-refractivity contribution in [3.05, 3.63) is 35.4 Å². The molecule has 0 spiro atoms. The van der Waals surface area contributed by atoms with Crippen LogP contribution in [-0.4, -0.2) is 54.9 Å². The molecule has 110 valence electrons. The summed E-state index contributed by atoms with van der Waals surface area (Å²) in [7, 11) is 0. The molecule has 1 aliphatic rings. The van der Waals surface area contributed by atoms with Crippen LogP contribution in [0.2, 0.25) is 0 Å². The highest BCUT2D eigenvalue weighted by atomic mass is 16.1. The number of hydrogen-bond acceptors (Lipinski definition) is 3. The molecule has 2 rings (SSSR count). The number of Topliss-reactive ketones (excluding diaryl/α,β-unsaturated/α-hetero) is 1. The molecule has 0 unspecified atom stereocenters. The van der Waals surface area contributed by atoms with Crippen LogP contribution in [0.3, 0.4) is 0 Å². The van der Waals surface area contributed by atoms with Gasteiger partial charge in [0.25, 0.3) is 0 Å². The lowest BCUT2D eigenvalue weighted by molar-refractivity contribution is 0.0963. The summed E-state index contributed by atoms with van der Waals surface area (Å²) in [6.07, 6.45) is 1.64. The van der Waals surface area contributed by atoms with Crippen LogP contribution in [0.25, 0.3) is 0 Å². The molecule has 0 amide bonds. The average molecular weight is 274 g/mol. The predicted molar refractivity (Wildman–Crippen MR) is 83.3 cm³/mol. The maximum atomic E-state index is 12.2. The Kier molecular flexibility index (Phi) is 5.74. The lowest BCUT2D eigenvalue weighted by atomic mass is 10.0. The van der Waals surface area contributed by atoms with Crippen molar-refractivity contribution in [2.24, 2.45) is 0 Å². The summed E-state index contributed by atoms with van der Waals surface area (Å²) in [4.78, 5) is 17.1. The lowest BCUT2D eigenvalue weighted by Crippen LogP contribution is -2.46. The standard InChI is InChI=1S/C17H26N2O/c1-3-18-11-13-19(14-12-18)10-6-9-17(20)16-8-5-4-7-15(16)2/h4-5,7-8H,3,6,9-14H2,1-2H3. The number of benzene rings is 1. The molecule has 0 N–H and O–H groups in total. The summed E-state index contributed by atoms with van der Waals surface area (Å²) >= 11 is 0. The zero-order chi connectivity index (χ0) is 14.4. The summed E-state index contributed by atoms with van der Waals surface area (Å²) in [5.74, 6) is 0.287. The monoisotopic (exact) mass is 274 g/mol. The van der Waals surface area contributed by atoms with Gasteiger partial charge in [-0.15, -0.1) is 0 Å². The quantitative estimate of drug-likeness (QED) is 0.745. The first-order chi connectivity index (χ1) is 9.70. The molecule has 3 heteroatoms. The molecular formula is C17H26N2O. The predicted octanol–water partition coefficient (Wildman–Crippen LogP) is 2.60. The Morgan fingerprint density at radius 1 is 1.10 bits per heavy atom. The average Bonchev–Trinajstić information content (AvgIpc) is 2.48. The number of hydrogen-bond donors (Lipinski definition) is 0. The van der Waals surface area contributed by atoms with Crippen LogP contribution < -0.4 is 0 Å². The molecule has 0 aromatic heterocycles. The van der Waals surface area contributed by atoms with Crippen molar-refractivity contribution in [2.75, 3.05) is 39.3 Å². The van der Waals surface area contributed by atoms with E-state index in [-0.39, 0.29) is 5.78 Å². The molecule has 20 heavy (non-hydrogen) atoms. The molecule has 1 fully saturated rings. The molecule has 0 radical (unpaired) electrons. The third-order valence-corrected chi connectivity index (χ3v) is 4.24. The van der Waals surface area contributed by atoms with E-state index in [0.717, 1.165) is 43.7 Å². The number of piperazine rings is 1. The number of rotatable bonds is 6. The second-order valence-electron chi connectivity index (χ2n) is 5.62. The molecule has 1 aromatic carbocycles. The van der Waals surface area contributed by atoms with E-state index in [1.165, 1.54) is 13.1 Å². The summed E-state index contributed by atoms with van der Waals surface area (Å²) in [5.41, 5.74) is 1.98. The normalized spacial score (nSPS) is 17.3. The Labute approximate surface area is 122 Å². The highest BCUT2D eigenvalue weighted by molar-refractivity contribution is 5.97. The lowest BCUT2D eigenvalue weighted by Gasteiger charge is -2.33. The van der Waals surface area contributed by atoms with E-state index in [4.69, 9.17) is 0 Å². The SMILES string of the molecule is CCN1CCN(CCCC(=O)c2ccccc2C)CC1. The van der Waals surface area contributed by atoms with Crippen molar-refractivity contribution < 1.29 is 4.79 Å². The number of nitrogens with zero attached hydrogens (tertiary/aromatic N) is 2. The zero-order valence-corrected chi connectivity index (χ0v) is 12.8. The van der Waals surface area contributed by atoms with Gasteiger partial charge in [-0.05, 0) is 32.0 Å².